The van der Waals surface area contributed by atoms with E-state index >= 15 is 0 Å². The van der Waals surface area contributed by atoms with Gasteiger partial charge in [0.05, 0.1) is 10.7 Å². The van der Waals surface area contributed by atoms with E-state index in [1.807, 2.05) is 0 Å². The zero-order chi connectivity index (χ0) is 12.2. The molecule has 0 unspecified atom stereocenters. The van der Waals surface area contributed by atoms with Crippen LogP contribution in [0.25, 0.3) is 0 Å². The Bertz CT molecular complexity index is 343. The van der Waals surface area contributed by atoms with Crippen LogP contribution in [0.1, 0.15) is 26.7 Å². The fourth-order valence-electron chi connectivity index (χ4n) is 1.65. The van der Waals surface area contributed by atoms with Crippen molar-refractivity contribution < 1.29 is 4.39 Å². The molecular weight excluding hydrogens is 227 g/mol. The van der Waals surface area contributed by atoms with Gasteiger partial charge < -0.3 is 11.1 Å². The molecule has 0 atom stereocenters. The molecule has 4 heteroatoms. The first kappa shape index (κ1) is 13.3. The van der Waals surface area contributed by atoms with Gasteiger partial charge in [-0.15, -0.1) is 0 Å². The Balaban J connectivity index is 2.97. The lowest BCUT2D eigenvalue weighted by Crippen LogP contribution is -2.44. The van der Waals surface area contributed by atoms with E-state index in [2.05, 4.69) is 19.2 Å². The fraction of sp³-hybridized carbons (Fsp3) is 0.500. The van der Waals surface area contributed by atoms with E-state index in [-0.39, 0.29) is 11.4 Å². The van der Waals surface area contributed by atoms with Crippen LogP contribution >= 0.6 is 11.6 Å². The third-order valence-electron chi connectivity index (χ3n) is 3.07. The molecule has 1 aromatic rings. The predicted octanol–water partition coefficient (Wildman–Crippen LogP) is 3.41. The van der Waals surface area contributed by atoms with Gasteiger partial charge in [0.25, 0.3) is 0 Å². The normalized spacial score (nSPS) is 11.6. The lowest BCUT2D eigenvalue weighted by atomic mass is 9.92. The molecule has 0 saturated heterocycles. The van der Waals surface area contributed by atoms with Gasteiger partial charge in [0.2, 0.25) is 0 Å². The van der Waals surface area contributed by atoms with Crippen LogP contribution < -0.4 is 11.1 Å². The Labute approximate surface area is 101 Å². The van der Waals surface area contributed by atoms with Crippen molar-refractivity contribution in [3.8, 4) is 0 Å². The van der Waals surface area contributed by atoms with E-state index in [0.717, 1.165) is 12.8 Å². The average molecular weight is 245 g/mol. The van der Waals surface area contributed by atoms with Crippen molar-refractivity contribution in [2.45, 2.75) is 32.2 Å². The largest absolute Gasteiger partial charge is 0.377 e. The number of nitrogens with two attached hydrogens (primary N) is 1. The molecule has 2 nitrogen and oxygen atoms in total. The molecule has 0 heterocycles. The summed E-state index contributed by atoms with van der Waals surface area (Å²) >= 11 is 6.00. The number of nitrogens with one attached hydrogen (secondary N) is 1. The summed E-state index contributed by atoms with van der Waals surface area (Å²) in [4.78, 5) is 0. The average Bonchev–Trinajstić information content (AvgIpc) is 2.31. The van der Waals surface area contributed by atoms with E-state index in [9.17, 15) is 4.39 Å². The predicted molar refractivity (Wildman–Crippen MR) is 67.4 cm³/mol. The third kappa shape index (κ3) is 2.86. The van der Waals surface area contributed by atoms with Crippen LogP contribution in [0.3, 0.4) is 0 Å². The van der Waals surface area contributed by atoms with Crippen LogP contribution in [-0.2, 0) is 0 Å². The molecule has 0 aliphatic heterocycles. The van der Waals surface area contributed by atoms with E-state index in [1.165, 1.54) is 12.1 Å². The second kappa shape index (κ2) is 5.51. The molecule has 90 valence electrons. The van der Waals surface area contributed by atoms with E-state index in [0.29, 0.717) is 17.3 Å². The Morgan fingerprint density at radius 2 is 2.00 bits per heavy atom. The van der Waals surface area contributed by atoms with Crippen LogP contribution in [0.5, 0.6) is 0 Å². The van der Waals surface area contributed by atoms with Gasteiger partial charge in [-0.1, -0.05) is 25.4 Å². The second-order valence-corrected chi connectivity index (χ2v) is 4.35. The molecule has 0 radical (unpaired) electrons. The van der Waals surface area contributed by atoms with Crippen molar-refractivity contribution in [1.82, 2.24) is 0 Å². The van der Waals surface area contributed by atoms with Crippen LogP contribution in [0.15, 0.2) is 18.2 Å². The summed E-state index contributed by atoms with van der Waals surface area (Å²) in [6.07, 6.45) is 1.74. The summed E-state index contributed by atoms with van der Waals surface area (Å²) in [6.45, 7) is 4.60. The van der Waals surface area contributed by atoms with Crippen molar-refractivity contribution >= 4 is 17.3 Å². The monoisotopic (exact) mass is 244 g/mol. The van der Waals surface area contributed by atoms with Gasteiger partial charge in [-0.3, -0.25) is 0 Å². The topological polar surface area (TPSA) is 38.0 Å². The van der Waals surface area contributed by atoms with Crippen molar-refractivity contribution in [3.63, 3.8) is 0 Å². The van der Waals surface area contributed by atoms with Crippen LogP contribution in [-0.4, -0.2) is 12.1 Å². The molecule has 0 bridgehead atoms. The summed E-state index contributed by atoms with van der Waals surface area (Å²) in [7, 11) is 0. The van der Waals surface area contributed by atoms with Crippen molar-refractivity contribution in [2.75, 3.05) is 11.9 Å². The lowest BCUT2D eigenvalue weighted by molar-refractivity contribution is 0.445. The molecule has 0 aliphatic rings. The molecule has 1 rings (SSSR count). The minimum Gasteiger partial charge on any atom is -0.377 e. The van der Waals surface area contributed by atoms with Gasteiger partial charge in [-0.25, -0.2) is 4.39 Å². The van der Waals surface area contributed by atoms with Gasteiger partial charge in [0, 0.05) is 12.1 Å². The smallest absolute Gasteiger partial charge is 0.125 e. The molecule has 1 aromatic carbocycles. The van der Waals surface area contributed by atoms with Crippen molar-refractivity contribution in [3.05, 3.63) is 29.0 Å². The summed E-state index contributed by atoms with van der Waals surface area (Å²) in [5, 5.41) is 3.77. The number of anilines is 1. The summed E-state index contributed by atoms with van der Waals surface area (Å²) in [5.74, 6) is -0.301. The highest BCUT2D eigenvalue weighted by molar-refractivity contribution is 6.33. The molecule has 16 heavy (non-hydrogen) atoms. The van der Waals surface area contributed by atoms with Gasteiger partial charge in [0.15, 0.2) is 0 Å². The molecule has 0 spiro atoms. The zero-order valence-corrected chi connectivity index (χ0v) is 10.4. The maximum Gasteiger partial charge on any atom is 0.125 e. The highest BCUT2D eigenvalue weighted by atomic mass is 35.5. The zero-order valence-electron chi connectivity index (χ0n) is 9.69. The van der Waals surface area contributed by atoms with E-state index in [4.69, 9.17) is 17.3 Å². The minimum absolute atomic E-state index is 0.211. The molecule has 0 amide bonds. The van der Waals surface area contributed by atoms with Gasteiger partial charge in [-0.2, -0.15) is 0 Å². The highest BCUT2D eigenvalue weighted by Gasteiger charge is 2.24. The van der Waals surface area contributed by atoms with Crippen LogP contribution in [0.4, 0.5) is 10.1 Å². The molecule has 0 aliphatic carbocycles. The molecule has 0 saturated carbocycles. The SMILES string of the molecule is CCC(CC)(CN)Nc1cc(F)ccc1Cl. The Hall–Kier alpha value is -0.800. The van der Waals surface area contributed by atoms with Crippen molar-refractivity contribution in [2.24, 2.45) is 5.73 Å². The third-order valence-corrected chi connectivity index (χ3v) is 3.40. The Morgan fingerprint density at radius 3 is 2.50 bits per heavy atom. The van der Waals surface area contributed by atoms with E-state index < -0.39 is 0 Å². The standard InChI is InChI=1S/C12H18ClFN2/c1-3-12(4-2,8-15)16-11-7-9(14)5-6-10(11)13/h5-7,16H,3-4,8,15H2,1-2H3. The maximum absolute atomic E-state index is 13.1. The summed E-state index contributed by atoms with van der Waals surface area (Å²) in [5.41, 5.74) is 6.16. The Kier molecular flexibility index (Phi) is 4.56. The number of halogens is 2. The van der Waals surface area contributed by atoms with Gasteiger partial charge >= 0.3 is 0 Å². The van der Waals surface area contributed by atoms with Gasteiger partial charge in [-0.05, 0) is 31.0 Å². The Morgan fingerprint density at radius 1 is 1.38 bits per heavy atom. The van der Waals surface area contributed by atoms with E-state index in [1.54, 1.807) is 6.07 Å². The lowest BCUT2D eigenvalue weighted by Gasteiger charge is -2.33. The number of benzene rings is 1. The maximum atomic E-state index is 13.1. The highest BCUT2D eigenvalue weighted by Crippen LogP contribution is 2.28. The van der Waals surface area contributed by atoms with Crippen molar-refractivity contribution in [1.29, 1.82) is 0 Å². The second-order valence-electron chi connectivity index (χ2n) is 3.94. The molecule has 0 fully saturated rings. The number of hydrogen-bond acceptors (Lipinski definition) is 2. The number of rotatable bonds is 5. The first-order valence-corrected chi connectivity index (χ1v) is 5.88. The first-order valence-electron chi connectivity index (χ1n) is 5.50. The van der Waals surface area contributed by atoms with Crippen LogP contribution in [0, 0.1) is 5.82 Å². The molecular formula is C12H18ClFN2. The quantitative estimate of drug-likeness (QED) is 0.833. The summed E-state index contributed by atoms with van der Waals surface area (Å²) in [6, 6.07) is 4.29. The molecule has 3 N–H and O–H groups in total. The fourth-order valence-corrected chi connectivity index (χ4v) is 1.81. The van der Waals surface area contributed by atoms with Gasteiger partial charge in [0.1, 0.15) is 5.82 Å². The first-order chi connectivity index (χ1) is 7.56. The molecule has 0 aromatic heterocycles. The number of hydrogen-bond donors (Lipinski definition) is 2. The summed E-state index contributed by atoms with van der Waals surface area (Å²) < 4.78 is 13.1. The minimum atomic E-state index is -0.301. The van der Waals surface area contributed by atoms with Crippen LogP contribution in [0.2, 0.25) is 5.02 Å².